The van der Waals surface area contributed by atoms with Gasteiger partial charge in [0.2, 0.25) is 0 Å². The van der Waals surface area contributed by atoms with Crippen LogP contribution in [0.3, 0.4) is 0 Å². The van der Waals surface area contributed by atoms with Crippen LogP contribution in [-0.4, -0.2) is 59.3 Å². The normalized spacial score (nSPS) is 23.5. The first-order valence-electron chi connectivity index (χ1n) is 12.3. The van der Waals surface area contributed by atoms with Crippen LogP contribution in [-0.2, 0) is 11.2 Å². The van der Waals surface area contributed by atoms with E-state index in [1.807, 2.05) is 25.1 Å². The standard InChI is InChI=1S/C27H33N5O3/c1-16-14-32(15-22(29)27(16)34)24-4-7-30-13-20(24)12-25(33)26-21(28)10-19-3-2-18(11-23(19)31-26)17-5-8-35-9-6-17/h2-4,7,10-11,13,16-17,22,27,34H,5-6,8-9,12,14-15,28-29H2,1H3/t16-,22+,27+/m0/s1. The number of nitrogens with zero attached hydrogens (tertiary/aromatic N) is 3. The molecule has 4 heterocycles. The molecule has 0 unspecified atom stereocenters. The fraction of sp³-hybridized carbons (Fsp3) is 0.444. The molecule has 0 aliphatic carbocycles. The van der Waals surface area contributed by atoms with E-state index in [9.17, 15) is 9.90 Å². The lowest BCUT2D eigenvalue weighted by Crippen LogP contribution is -2.55. The molecular weight excluding hydrogens is 442 g/mol. The molecule has 2 aromatic heterocycles. The molecule has 2 aliphatic rings. The largest absolute Gasteiger partial charge is 0.397 e. The van der Waals surface area contributed by atoms with Crippen molar-refractivity contribution in [3.8, 4) is 0 Å². The van der Waals surface area contributed by atoms with Crippen LogP contribution in [0.4, 0.5) is 11.4 Å². The van der Waals surface area contributed by atoms with Gasteiger partial charge in [-0.15, -0.1) is 0 Å². The zero-order valence-electron chi connectivity index (χ0n) is 20.1. The maximum Gasteiger partial charge on any atom is 0.187 e. The third kappa shape index (κ3) is 4.87. The molecule has 0 radical (unpaired) electrons. The zero-order valence-corrected chi connectivity index (χ0v) is 20.1. The summed E-state index contributed by atoms with van der Waals surface area (Å²) in [5.74, 6) is 0.323. The quantitative estimate of drug-likeness (QED) is 0.481. The number of anilines is 2. The van der Waals surface area contributed by atoms with E-state index >= 15 is 0 Å². The fourth-order valence-corrected chi connectivity index (χ4v) is 5.34. The zero-order chi connectivity index (χ0) is 24.5. The highest BCUT2D eigenvalue weighted by Gasteiger charge is 2.32. The predicted octanol–water partition coefficient (Wildman–Crippen LogP) is 2.68. The molecule has 0 spiro atoms. The molecule has 184 valence electrons. The van der Waals surface area contributed by atoms with Crippen molar-refractivity contribution in [2.24, 2.45) is 11.7 Å². The van der Waals surface area contributed by atoms with E-state index in [4.69, 9.17) is 21.2 Å². The van der Waals surface area contributed by atoms with Gasteiger partial charge < -0.3 is 26.2 Å². The summed E-state index contributed by atoms with van der Waals surface area (Å²) in [6, 6.07) is 9.63. The number of hydrogen-bond donors (Lipinski definition) is 3. The monoisotopic (exact) mass is 475 g/mol. The number of fused-ring (bicyclic) bond motifs is 1. The Morgan fingerprint density at radius 2 is 2.00 bits per heavy atom. The number of benzene rings is 1. The Morgan fingerprint density at radius 3 is 2.77 bits per heavy atom. The second-order valence-electron chi connectivity index (χ2n) is 9.91. The lowest BCUT2D eigenvalue weighted by molar-refractivity contribution is 0.0784. The number of aliphatic hydroxyl groups excluding tert-OH is 1. The summed E-state index contributed by atoms with van der Waals surface area (Å²) in [6.45, 7) is 4.70. The number of pyridine rings is 2. The van der Waals surface area contributed by atoms with Gasteiger partial charge in [0.15, 0.2) is 5.78 Å². The Hall–Kier alpha value is -3.07. The average Bonchev–Trinajstić information content (AvgIpc) is 2.87. The van der Waals surface area contributed by atoms with E-state index in [1.54, 1.807) is 12.4 Å². The molecule has 2 fully saturated rings. The highest BCUT2D eigenvalue weighted by atomic mass is 16.5. The minimum absolute atomic E-state index is 0.0261. The van der Waals surface area contributed by atoms with Crippen LogP contribution in [0.5, 0.6) is 0 Å². The Labute approximate surface area is 205 Å². The summed E-state index contributed by atoms with van der Waals surface area (Å²) < 4.78 is 5.50. The number of piperidine rings is 1. The second kappa shape index (κ2) is 9.89. The van der Waals surface area contributed by atoms with E-state index in [0.29, 0.717) is 24.7 Å². The summed E-state index contributed by atoms with van der Waals surface area (Å²) in [6.07, 6.45) is 5.01. The first-order chi connectivity index (χ1) is 16.9. The van der Waals surface area contributed by atoms with Crippen molar-refractivity contribution in [3.05, 3.63) is 59.5 Å². The summed E-state index contributed by atoms with van der Waals surface area (Å²) in [5.41, 5.74) is 16.8. The Bertz CT molecular complexity index is 1210. The van der Waals surface area contributed by atoms with E-state index in [1.165, 1.54) is 5.56 Å². The Kier molecular flexibility index (Phi) is 6.69. The summed E-state index contributed by atoms with van der Waals surface area (Å²) in [5, 5.41) is 11.2. The fourth-order valence-electron chi connectivity index (χ4n) is 5.34. The van der Waals surface area contributed by atoms with Gasteiger partial charge in [0.1, 0.15) is 5.69 Å². The van der Waals surface area contributed by atoms with Gasteiger partial charge in [0.25, 0.3) is 0 Å². The van der Waals surface area contributed by atoms with Crippen molar-refractivity contribution in [2.75, 3.05) is 36.9 Å². The number of hydrogen-bond acceptors (Lipinski definition) is 8. The number of aliphatic hydroxyl groups is 1. The molecule has 5 rings (SSSR count). The van der Waals surface area contributed by atoms with Crippen molar-refractivity contribution >= 4 is 28.1 Å². The lowest BCUT2D eigenvalue weighted by Gasteiger charge is -2.40. The van der Waals surface area contributed by atoms with Crippen LogP contribution in [0, 0.1) is 5.92 Å². The van der Waals surface area contributed by atoms with Crippen LogP contribution >= 0.6 is 0 Å². The van der Waals surface area contributed by atoms with Gasteiger partial charge in [-0.1, -0.05) is 19.1 Å². The lowest BCUT2D eigenvalue weighted by atomic mass is 9.91. The van der Waals surface area contributed by atoms with E-state index in [0.717, 1.165) is 48.2 Å². The molecule has 0 saturated carbocycles. The number of carbonyl (C=O) groups excluding carboxylic acids is 1. The average molecular weight is 476 g/mol. The van der Waals surface area contributed by atoms with E-state index in [2.05, 4.69) is 22.0 Å². The summed E-state index contributed by atoms with van der Waals surface area (Å²) in [4.78, 5) is 24.5. The molecule has 1 aromatic carbocycles. The molecule has 0 amide bonds. The minimum Gasteiger partial charge on any atom is -0.397 e. The number of nitrogens with two attached hydrogens (primary N) is 2. The number of ketones is 1. The van der Waals surface area contributed by atoms with Crippen molar-refractivity contribution in [3.63, 3.8) is 0 Å². The first-order valence-corrected chi connectivity index (χ1v) is 12.3. The van der Waals surface area contributed by atoms with E-state index < -0.39 is 6.10 Å². The van der Waals surface area contributed by atoms with Gasteiger partial charge in [-0.3, -0.25) is 9.78 Å². The molecule has 5 N–H and O–H groups in total. The van der Waals surface area contributed by atoms with Crippen LogP contribution < -0.4 is 16.4 Å². The molecule has 3 atom stereocenters. The van der Waals surface area contributed by atoms with Gasteiger partial charge in [0, 0.05) is 73.7 Å². The topological polar surface area (TPSA) is 128 Å². The van der Waals surface area contributed by atoms with Gasteiger partial charge in [0.05, 0.1) is 17.3 Å². The molecule has 3 aromatic rings. The number of aromatic nitrogens is 2. The maximum atomic E-state index is 13.4. The van der Waals surface area contributed by atoms with Gasteiger partial charge in [-0.05, 0) is 42.5 Å². The molecule has 8 nitrogen and oxygen atoms in total. The summed E-state index contributed by atoms with van der Waals surface area (Å²) >= 11 is 0. The molecular formula is C27H33N5O3. The molecule has 2 saturated heterocycles. The van der Waals surface area contributed by atoms with Crippen LogP contribution in [0.1, 0.15) is 47.3 Å². The number of nitrogen functional groups attached to an aromatic ring is 1. The number of carbonyl (C=O) groups is 1. The molecule has 35 heavy (non-hydrogen) atoms. The summed E-state index contributed by atoms with van der Waals surface area (Å²) in [7, 11) is 0. The van der Waals surface area contributed by atoms with Crippen molar-refractivity contribution in [1.29, 1.82) is 0 Å². The second-order valence-corrected chi connectivity index (χ2v) is 9.91. The molecule has 0 bridgehead atoms. The molecule has 8 heteroatoms. The maximum absolute atomic E-state index is 13.4. The first kappa shape index (κ1) is 23.7. The van der Waals surface area contributed by atoms with Gasteiger partial charge in [-0.2, -0.15) is 0 Å². The number of rotatable bonds is 5. The highest BCUT2D eigenvalue weighted by molar-refractivity contribution is 6.03. The Balaban J connectivity index is 1.41. The van der Waals surface area contributed by atoms with Gasteiger partial charge in [-0.25, -0.2) is 4.98 Å². The smallest absolute Gasteiger partial charge is 0.187 e. The molecule has 2 aliphatic heterocycles. The Morgan fingerprint density at radius 1 is 1.20 bits per heavy atom. The highest BCUT2D eigenvalue weighted by Crippen LogP contribution is 2.31. The third-order valence-corrected chi connectivity index (χ3v) is 7.36. The minimum atomic E-state index is -0.536. The van der Waals surface area contributed by atoms with Crippen LogP contribution in [0.15, 0.2) is 42.7 Å². The number of Topliss-reactive ketones (excluding diaryl/α,β-unsaturated/α-hetero) is 1. The van der Waals surface area contributed by atoms with Crippen LogP contribution in [0.25, 0.3) is 10.9 Å². The third-order valence-electron chi connectivity index (χ3n) is 7.36. The van der Waals surface area contributed by atoms with Crippen LogP contribution in [0.2, 0.25) is 0 Å². The van der Waals surface area contributed by atoms with E-state index in [-0.39, 0.29) is 29.9 Å². The predicted molar refractivity (Wildman–Crippen MR) is 137 cm³/mol. The van der Waals surface area contributed by atoms with Crippen molar-refractivity contribution in [2.45, 2.75) is 44.2 Å². The van der Waals surface area contributed by atoms with Crippen molar-refractivity contribution < 1.29 is 14.6 Å². The van der Waals surface area contributed by atoms with Gasteiger partial charge >= 0.3 is 0 Å². The SMILES string of the molecule is C[C@H]1CN(c2ccncc2CC(=O)c2nc3cc(C4CCOCC4)ccc3cc2N)C[C@@H](N)[C@@H]1O. The van der Waals surface area contributed by atoms with Crippen molar-refractivity contribution in [1.82, 2.24) is 9.97 Å². The number of ether oxygens (including phenoxy) is 1.